The lowest BCUT2D eigenvalue weighted by Crippen LogP contribution is -2.31. The summed E-state index contributed by atoms with van der Waals surface area (Å²) in [5.41, 5.74) is -0.180. The standard InChI is InChI=1S/C25H46O4/c1-23(2,3)17-28-21(26)14-20(22(27)29-18-24(4,5)6)16-25(7,8)15-19-12-10-9-11-13-19/h19-20H,9-18H2,1-8H3. The van der Waals surface area contributed by atoms with Crippen LogP contribution < -0.4 is 0 Å². The van der Waals surface area contributed by atoms with Gasteiger partial charge in [0.15, 0.2) is 0 Å². The minimum Gasteiger partial charge on any atom is -0.465 e. The first-order valence-electron chi connectivity index (χ1n) is 11.5. The first-order valence-corrected chi connectivity index (χ1v) is 11.5. The Morgan fingerprint density at radius 2 is 1.34 bits per heavy atom. The number of rotatable bonds is 9. The molecule has 0 amide bonds. The van der Waals surface area contributed by atoms with Crippen molar-refractivity contribution in [2.45, 2.75) is 107 Å². The summed E-state index contributed by atoms with van der Waals surface area (Å²) in [7, 11) is 0. The van der Waals surface area contributed by atoms with E-state index in [0.717, 1.165) is 12.3 Å². The summed E-state index contributed by atoms with van der Waals surface area (Å²) in [5, 5.41) is 0. The average molecular weight is 411 g/mol. The maximum atomic E-state index is 12.9. The summed E-state index contributed by atoms with van der Waals surface area (Å²) in [6, 6.07) is 0. The number of esters is 2. The molecule has 1 saturated carbocycles. The van der Waals surface area contributed by atoms with Crippen LogP contribution in [0.3, 0.4) is 0 Å². The van der Waals surface area contributed by atoms with Gasteiger partial charge < -0.3 is 9.47 Å². The van der Waals surface area contributed by atoms with E-state index in [-0.39, 0.29) is 34.6 Å². The third kappa shape index (κ3) is 12.3. The van der Waals surface area contributed by atoms with Crippen molar-refractivity contribution in [3.63, 3.8) is 0 Å². The summed E-state index contributed by atoms with van der Waals surface area (Å²) in [6.45, 7) is 17.4. The monoisotopic (exact) mass is 410 g/mol. The van der Waals surface area contributed by atoms with Crippen LogP contribution in [-0.4, -0.2) is 25.2 Å². The van der Waals surface area contributed by atoms with E-state index < -0.39 is 5.92 Å². The molecule has 0 aromatic heterocycles. The van der Waals surface area contributed by atoms with Crippen LogP contribution in [0.15, 0.2) is 0 Å². The Balaban J connectivity index is 2.76. The first-order chi connectivity index (χ1) is 13.2. The zero-order valence-corrected chi connectivity index (χ0v) is 20.4. The second-order valence-corrected chi connectivity index (χ2v) is 12.4. The van der Waals surface area contributed by atoms with E-state index in [9.17, 15) is 9.59 Å². The van der Waals surface area contributed by atoms with Crippen molar-refractivity contribution in [1.82, 2.24) is 0 Å². The van der Waals surface area contributed by atoms with Gasteiger partial charge in [-0.15, -0.1) is 0 Å². The van der Waals surface area contributed by atoms with Gasteiger partial charge in [0.2, 0.25) is 0 Å². The zero-order chi connectivity index (χ0) is 22.3. The van der Waals surface area contributed by atoms with Crippen LogP contribution in [0.1, 0.15) is 107 Å². The van der Waals surface area contributed by atoms with Crippen molar-refractivity contribution in [2.24, 2.45) is 28.1 Å². The van der Waals surface area contributed by atoms with Crippen LogP contribution in [0.4, 0.5) is 0 Å². The third-order valence-electron chi connectivity index (χ3n) is 5.43. The maximum Gasteiger partial charge on any atom is 0.309 e. The Hall–Kier alpha value is -1.06. The van der Waals surface area contributed by atoms with Crippen molar-refractivity contribution in [3.8, 4) is 0 Å². The molecular formula is C25H46O4. The highest BCUT2D eigenvalue weighted by atomic mass is 16.5. The van der Waals surface area contributed by atoms with E-state index in [0.29, 0.717) is 19.6 Å². The Morgan fingerprint density at radius 1 is 0.828 bits per heavy atom. The van der Waals surface area contributed by atoms with Gasteiger partial charge in [-0.25, -0.2) is 0 Å². The zero-order valence-electron chi connectivity index (χ0n) is 20.4. The number of hydrogen-bond donors (Lipinski definition) is 0. The maximum absolute atomic E-state index is 12.9. The lowest BCUT2D eigenvalue weighted by atomic mass is 9.72. The van der Waals surface area contributed by atoms with Gasteiger partial charge in [0.05, 0.1) is 25.6 Å². The Labute approximate surface area is 179 Å². The quantitative estimate of drug-likeness (QED) is 0.404. The molecule has 170 valence electrons. The van der Waals surface area contributed by atoms with Crippen molar-refractivity contribution in [3.05, 3.63) is 0 Å². The highest BCUT2D eigenvalue weighted by Crippen LogP contribution is 2.39. The molecule has 29 heavy (non-hydrogen) atoms. The van der Waals surface area contributed by atoms with Crippen LogP contribution in [0.5, 0.6) is 0 Å². The molecule has 0 aromatic rings. The molecule has 0 aliphatic heterocycles. The smallest absolute Gasteiger partial charge is 0.309 e. The van der Waals surface area contributed by atoms with Crippen molar-refractivity contribution in [1.29, 1.82) is 0 Å². The van der Waals surface area contributed by atoms with Crippen LogP contribution in [0.25, 0.3) is 0 Å². The van der Waals surface area contributed by atoms with E-state index >= 15 is 0 Å². The highest BCUT2D eigenvalue weighted by molar-refractivity contribution is 5.80. The van der Waals surface area contributed by atoms with E-state index in [1.807, 2.05) is 41.5 Å². The summed E-state index contributed by atoms with van der Waals surface area (Å²) in [4.78, 5) is 25.3. The molecule has 0 saturated heterocycles. The van der Waals surface area contributed by atoms with Gasteiger partial charge in [-0.2, -0.15) is 0 Å². The van der Waals surface area contributed by atoms with Crippen LogP contribution >= 0.6 is 0 Å². The molecule has 1 aliphatic rings. The average Bonchev–Trinajstić information content (AvgIpc) is 2.56. The molecule has 1 unspecified atom stereocenters. The number of ether oxygens (including phenoxy) is 2. The molecular weight excluding hydrogens is 364 g/mol. The van der Waals surface area contributed by atoms with Gasteiger partial charge >= 0.3 is 11.9 Å². The van der Waals surface area contributed by atoms with Crippen molar-refractivity contribution < 1.29 is 19.1 Å². The summed E-state index contributed by atoms with van der Waals surface area (Å²) < 4.78 is 11.1. The Kier molecular flexibility index (Phi) is 9.69. The number of carbonyl (C=O) groups excluding carboxylic acids is 2. The molecule has 0 spiro atoms. The third-order valence-corrected chi connectivity index (χ3v) is 5.43. The minimum atomic E-state index is -0.441. The van der Waals surface area contributed by atoms with E-state index in [2.05, 4.69) is 13.8 Å². The summed E-state index contributed by atoms with van der Waals surface area (Å²) >= 11 is 0. The van der Waals surface area contributed by atoms with E-state index in [1.54, 1.807) is 0 Å². The van der Waals surface area contributed by atoms with Crippen LogP contribution in [0, 0.1) is 28.1 Å². The fourth-order valence-corrected chi connectivity index (χ4v) is 4.12. The molecule has 0 N–H and O–H groups in total. The van der Waals surface area contributed by atoms with Crippen LogP contribution in [0.2, 0.25) is 0 Å². The van der Waals surface area contributed by atoms with Gasteiger partial charge in [0.25, 0.3) is 0 Å². The van der Waals surface area contributed by atoms with Gasteiger partial charge in [0, 0.05) is 0 Å². The molecule has 1 rings (SSSR count). The second kappa shape index (κ2) is 10.8. The molecule has 1 aliphatic carbocycles. The predicted octanol–water partition coefficient (Wildman–Crippen LogP) is 6.56. The molecule has 0 bridgehead atoms. The lowest BCUT2D eigenvalue weighted by Gasteiger charge is -2.34. The van der Waals surface area contributed by atoms with E-state index in [4.69, 9.17) is 9.47 Å². The topological polar surface area (TPSA) is 52.6 Å². The van der Waals surface area contributed by atoms with Crippen LogP contribution in [-0.2, 0) is 19.1 Å². The fourth-order valence-electron chi connectivity index (χ4n) is 4.12. The first kappa shape index (κ1) is 26.0. The fraction of sp³-hybridized carbons (Fsp3) is 0.920. The summed E-state index contributed by atoms with van der Waals surface area (Å²) in [6.07, 6.45) is 8.43. The lowest BCUT2D eigenvalue weighted by molar-refractivity contribution is -0.159. The van der Waals surface area contributed by atoms with Gasteiger partial charge in [0.1, 0.15) is 0 Å². The highest BCUT2D eigenvalue weighted by Gasteiger charge is 2.34. The molecule has 0 aromatic carbocycles. The second-order valence-electron chi connectivity index (χ2n) is 12.4. The molecule has 0 heterocycles. The van der Waals surface area contributed by atoms with Gasteiger partial charge in [-0.05, 0) is 35.0 Å². The molecule has 0 radical (unpaired) electrons. The minimum absolute atomic E-state index is 0.00225. The Morgan fingerprint density at radius 3 is 1.86 bits per heavy atom. The largest absolute Gasteiger partial charge is 0.465 e. The number of hydrogen-bond acceptors (Lipinski definition) is 4. The molecule has 4 nitrogen and oxygen atoms in total. The van der Waals surface area contributed by atoms with Crippen molar-refractivity contribution >= 4 is 11.9 Å². The molecule has 1 atom stereocenters. The predicted molar refractivity (Wildman–Crippen MR) is 119 cm³/mol. The SMILES string of the molecule is CC(C)(C)COC(=O)CC(CC(C)(C)CC1CCCCC1)C(=O)OCC(C)(C)C. The molecule has 4 heteroatoms. The summed E-state index contributed by atoms with van der Waals surface area (Å²) in [5.74, 6) is -0.267. The van der Waals surface area contributed by atoms with Gasteiger partial charge in [-0.1, -0.05) is 87.5 Å². The van der Waals surface area contributed by atoms with Crippen molar-refractivity contribution in [2.75, 3.05) is 13.2 Å². The van der Waals surface area contributed by atoms with E-state index in [1.165, 1.54) is 32.1 Å². The molecule has 1 fully saturated rings. The Bertz CT molecular complexity index is 516. The number of carbonyl (C=O) groups is 2. The van der Waals surface area contributed by atoms with Gasteiger partial charge in [-0.3, -0.25) is 9.59 Å². The normalized spacial score (nSPS) is 17.7.